The highest BCUT2D eigenvalue weighted by Gasteiger charge is 2.01. The molecule has 1 aromatic rings. The Morgan fingerprint density at radius 3 is 2.69 bits per heavy atom. The van der Waals surface area contributed by atoms with Crippen molar-refractivity contribution in [3.8, 4) is 5.75 Å². The predicted molar refractivity (Wildman–Crippen MR) is 49.4 cm³/mol. The summed E-state index contributed by atoms with van der Waals surface area (Å²) in [6, 6.07) is 6.87. The van der Waals surface area contributed by atoms with Crippen LogP contribution < -0.4 is 9.64 Å². The van der Waals surface area contributed by atoms with Crippen molar-refractivity contribution < 1.29 is 14.6 Å². The van der Waals surface area contributed by atoms with Crippen molar-refractivity contribution in [1.29, 1.82) is 0 Å². The molecule has 0 amide bonds. The number of nitrogens with zero attached hydrogens (tertiary/aromatic N) is 1. The Labute approximate surface area is 76.4 Å². The van der Waals surface area contributed by atoms with E-state index in [2.05, 4.69) is 4.74 Å². The van der Waals surface area contributed by atoms with Gasteiger partial charge in [0, 0.05) is 25.8 Å². The summed E-state index contributed by atoms with van der Waals surface area (Å²) in [5.41, 5.74) is 0.902. The van der Waals surface area contributed by atoms with Gasteiger partial charge in [-0.2, -0.15) is 0 Å². The van der Waals surface area contributed by atoms with Gasteiger partial charge in [-0.1, -0.05) is 6.07 Å². The van der Waals surface area contributed by atoms with Crippen LogP contribution in [0, 0.1) is 0 Å². The Kier molecular flexibility index (Phi) is 2.74. The average Bonchev–Trinajstić information content (AvgIpc) is 2.03. The van der Waals surface area contributed by atoms with Gasteiger partial charge in [-0.15, -0.1) is 0 Å². The number of rotatable bonds is 2. The van der Waals surface area contributed by atoms with E-state index in [-0.39, 0.29) is 0 Å². The standard InChI is InChI=1S/C9H11NO3/c1-10(2)7-4-3-5-8(6-7)13-9(11)12/h3-6H,1-2H3,(H,11,12). The maximum atomic E-state index is 10.2. The fourth-order valence-corrected chi connectivity index (χ4v) is 0.926. The van der Waals surface area contributed by atoms with Crippen molar-refractivity contribution in [1.82, 2.24) is 0 Å². The van der Waals surface area contributed by atoms with E-state index >= 15 is 0 Å². The molecule has 4 heteroatoms. The van der Waals surface area contributed by atoms with Crippen LogP contribution in [0.5, 0.6) is 5.75 Å². The normalized spacial score (nSPS) is 9.38. The highest BCUT2D eigenvalue weighted by atomic mass is 16.7. The minimum atomic E-state index is -1.30. The SMILES string of the molecule is CN(C)c1cccc(OC(=O)O)c1. The summed E-state index contributed by atoms with van der Waals surface area (Å²) in [5.74, 6) is 0.332. The van der Waals surface area contributed by atoms with E-state index in [1.165, 1.54) is 0 Å². The lowest BCUT2D eigenvalue weighted by Gasteiger charge is -2.12. The summed E-state index contributed by atoms with van der Waals surface area (Å²) in [4.78, 5) is 12.1. The van der Waals surface area contributed by atoms with Gasteiger partial charge in [0.1, 0.15) is 5.75 Å². The molecule has 0 aliphatic rings. The smallest absolute Gasteiger partial charge is 0.449 e. The lowest BCUT2D eigenvalue weighted by molar-refractivity contribution is 0.144. The summed E-state index contributed by atoms with van der Waals surface area (Å²) in [5, 5.41) is 8.36. The fraction of sp³-hybridized carbons (Fsp3) is 0.222. The molecule has 1 N–H and O–H groups in total. The second kappa shape index (κ2) is 3.80. The summed E-state index contributed by atoms with van der Waals surface area (Å²) in [7, 11) is 3.75. The van der Waals surface area contributed by atoms with Crippen LogP contribution >= 0.6 is 0 Å². The molecule has 0 aromatic heterocycles. The Balaban J connectivity index is 2.85. The van der Waals surface area contributed by atoms with Gasteiger partial charge >= 0.3 is 6.16 Å². The zero-order valence-corrected chi connectivity index (χ0v) is 7.52. The van der Waals surface area contributed by atoms with Crippen LogP contribution in [0.25, 0.3) is 0 Å². The predicted octanol–water partition coefficient (Wildman–Crippen LogP) is 1.81. The molecule has 70 valence electrons. The van der Waals surface area contributed by atoms with Gasteiger partial charge in [0.05, 0.1) is 0 Å². The van der Waals surface area contributed by atoms with Crippen molar-refractivity contribution in [2.24, 2.45) is 0 Å². The minimum Gasteiger partial charge on any atom is -0.449 e. The molecule has 0 aliphatic heterocycles. The Morgan fingerprint density at radius 1 is 1.46 bits per heavy atom. The van der Waals surface area contributed by atoms with Crippen LogP contribution in [0.4, 0.5) is 10.5 Å². The number of hydrogen-bond donors (Lipinski definition) is 1. The molecule has 1 rings (SSSR count). The maximum absolute atomic E-state index is 10.2. The summed E-state index contributed by atoms with van der Waals surface area (Å²) in [6.07, 6.45) is -1.30. The molecule has 0 fully saturated rings. The lowest BCUT2D eigenvalue weighted by atomic mass is 10.3. The molecular weight excluding hydrogens is 170 g/mol. The highest BCUT2D eigenvalue weighted by molar-refractivity contribution is 5.62. The first-order valence-corrected chi connectivity index (χ1v) is 3.78. The highest BCUT2D eigenvalue weighted by Crippen LogP contribution is 2.19. The van der Waals surface area contributed by atoms with Gasteiger partial charge < -0.3 is 14.7 Å². The van der Waals surface area contributed by atoms with Crippen molar-refractivity contribution in [3.05, 3.63) is 24.3 Å². The molecule has 0 saturated carbocycles. The first-order valence-electron chi connectivity index (χ1n) is 3.78. The zero-order valence-electron chi connectivity index (χ0n) is 7.52. The molecule has 1 aromatic carbocycles. The number of anilines is 1. The number of hydrogen-bond acceptors (Lipinski definition) is 3. The largest absolute Gasteiger partial charge is 0.511 e. The van der Waals surface area contributed by atoms with Crippen molar-refractivity contribution in [2.45, 2.75) is 0 Å². The number of ether oxygens (including phenoxy) is 1. The average molecular weight is 181 g/mol. The van der Waals surface area contributed by atoms with Gasteiger partial charge in [0.15, 0.2) is 0 Å². The van der Waals surface area contributed by atoms with Crippen molar-refractivity contribution in [3.63, 3.8) is 0 Å². The van der Waals surface area contributed by atoms with E-state index < -0.39 is 6.16 Å². The van der Waals surface area contributed by atoms with Gasteiger partial charge in [-0.25, -0.2) is 4.79 Å². The van der Waals surface area contributed by atoms with Crippen LogP contribution in [-0.4, -0.2) is 25.4 Å². The monoisotopic (exact) mass is 181 g/mol. The van der Waals surface area contributed by atoms with Gasteiger partial charge in [-0.05, 0) is 12.1 Å². The molecule has 0 bridgehead atoms. The molecule has 4 nitrogen and oxygen atoms in total. The van der Waals surface area contributed by atoms with Gasteiger partial charge in [0.25, 0.3) is 0 Å². The first-order chi connectivity index (χ1) is 6.09. The third-order valence-corrected chi connectivity index (χ3v) is 1.54. The van der Waals surface area contributed by atoms with Crippen molar-refractivity contribution in [2.75, 3.05) is 19.0 Å². The molecule has 0 atom stereocenters. The van der Waals surface area contributed by atoms with E-state index in [1.54, 1.807) is 18.2 Å². The first kappa shape index (κ1) is 9.38. The third-order valence-electron chi connectivity index (χ3n) is 1.54. The third kappa shape index (κ3) is 2.66. The summed E-state index contributed by atoms with van der Waals surface area (Å²) >= 11 is 0. The molecule has 13 heavy (non-hydrogen) atoms. The maximum Gasteiger partial charge on any atom is 0.511 e. The van der Waals surface area contributed by atoms with Crippen LogP contribution in [-0.2, 0) is 0 Å². The second-order valence-corrected chi connectivity index (χ2v) is 2.76. The molecule has 0 heterocycles. The Bertz CT molecular complexity index is 309. The number of benzene rings is 1. The van der Waals surface area contributed by atoms with E-state index in [0.717, 1.165) is 5.69 Å². The van der Waals surface area contributed by atoms with E-state index in [0.29, 0.717) is 5.75 Å². The minimum absolute atomic E-state index is 0.332. The Morgan fingerprint density at radius 2 is 2.15 bits per heavy atom. The molecule has 0 saturated heterocycles. The van der Waals surface area contributed by atoms with E-state index in [4.69, 9.17) is 5.11 Å². The summed E-state index contributed by atoms with van der Waals surface area (Å²) < 4.78 is 4.50. The second-order valence-electron chi connectivity index (χ2n) is 2.76. The van der Waals surface area contributed by atoms with E-state index in [1.807, 2.05) is 25.1 Å². The Hall–Kier alpha value is -1.71. The number of carboxylic acid groups (broad SMARTS) is 1. The molecular formula is C9H11NO3. The molecule has 0 radical (unpaired) electrons. The summed E-state index contributed by atoms with van der Waals surface area (Å²) in [6.45, 7) is 0. The molecule has 0 spiro atoms. The lowest BCUT2D eigenvalue weighted by Crippen LogP contribution is -2.09. The van der Waals surface area contributed by atoms with Gasteiger partial charge in [0.2, 0.25) is 0 Å². The van der Waals surface area contributed by atoms with Crippen LogP contribution in [0.3, 0.4) is 0 Å². The number of carbonyl (C=O) groups is 1. The van der Waals surface area contributed by atoms with Crippen LogP contribution in [0.1, 0.15) is 0 Å². The fourth-order valence-electron chi connectivity index (χ4n) is 0.926. The molecule has 0 aliphatic carbocycles. The van der Waals surface area contributed by atoms with Crippen molar-refractivity contribution >= 4 is 11.8 Å². The topological polar surface area (TPSA) is 49.8 Å². The quantitative estimate of drug-likeness (QED) is 0.558. The zero-order chi connectivity index (χ0) is 9.84. The molecule has 0 unspecified atom stereocenters. The van der Waals surface area contributed by atoms with Gasteiger partial charge in [-0.3, -0.25) is 0 Å². The van der Waals surface area contributed by atoms with Crippen LogP contribution in [0.15, 0.2) is 24.3 Å². The van der Waals surface area contributed by atoms with Crippen LogP contribution in [0.2, 0.25) is 0 Å². The van der Waals surface area contributed by atoms with E-state index in [9.17, 15) is 4.79 Å².